The number of carbonyl (C=O) groups excluding carboxylic acids is 1. The molecule has 1 N–H and O–H groups in total. The summed E-state index contributed by atoms with van der Waals surface area (Å²) in [4.78, 5) is 18.7. The zero-order chi connectivity index (χ0) is 17.1. The van der Waals surface area contributed by atoms with Gasteiger partial charge in [0.1, 0.15) is 0 Å². The first-order chi connectivity index (χ1) is 11.6. The summed E-state index contributed by atoms with van der Waals surface area (Å²) in [5.74, 6) is 0.0157. The summed E-state index contributed by atoms with van der Waals surface area (Å²) >= 11 is 0. The maximum Gasteiger partial charge on any atom is 0.224 e. The zero-order valence-corrected chi connectivity index (χ0v) is 14.6. The van der Waals surface area contributed by atoms with Gasteiger partial charge in [0, 0.05) is 42.5 Å². The van der Waals surface area contributed by atoms with E-state index in [1.165, 1.54) is 12.1 Å². The number of fused-ring (bicyclic) bond motifs is 1. The monoisotopic (exact) mass is 327 g/mol. The summed E-state index contributed by atoms with van der Waals surface area (Å²) in [5.41, 5.74) is 3.92. The number of methoxy groups -OCH3 is 1. The predicted molar refractivity (Wildman–Crippen MR) is 97.6 cm³/mol. The standard InChI is InChI=1S/C19H25N3O2/c1-4-19(23)21-14-7-8-16-17(11-14)20-13(2)10-18(16)22-9-5-6-15(22)12-24-3/h7-8,10-11,15H,4-6,9,12H2,1-3H3,(H,21,23)/t15-/m0/s1. The van der Waals surface area contributed by atoms with Gasteiger partial charge in [0.25, 0.3) is 0 Å². The molecule has 1 aromatic carbocycles. The number of nitrogens with one attached hydrogen (secondary N) is 1. The largest absolute Gasteiger partial charge is 0.383 e. The van der Waals surface area contributed by atoms with E-state index in [4.69, 9.17) is 4.74 Å². The number of aromatic nitrogens is 1. The van der Waals surface area contributed by atoms with Crippen LogP contribution in [0.15, 0.2) is 24.3 Å². The SMILES string of the molecule is CCC(=O)Nc1ccc2c(N3CCC[C@H]3COC)cc(C)nc2c1. The molecule has 0 unspecified atom stereocenters. The fraction of sp³-hybridized carbons (Fsp3) is 0.474. The van der Waals surface area contributed by atoms with Crippen molar-refractivity contribution < 1.29 is 9.53 Å². The van der Waals surface area contributed by atoms with Crippen LogP contribution in [-0.2, 0) is 9.53 Å². The minimum absolute atomic E-state index is 0.0157. The first kappa shape index (κ1) is 16.7. The Kier molecular flexibility index (Phi) is 5.00. The third kappa shape index (κ3) is 3.36. The lowest BCUT2D eigenvalue weighted by atomic mass is 10.1. The molecule has 0 aliphatic carbocycles. The van der Waals surface area contributed by atoms with Crippen LogP contribution in [0.25, 0.3) is 10.9 Å². The van der Waals surface area contributed by atoms with Crippen LogP contribution in [0.4, 0.5) is 11.4 Å². The maximum absolute atomic E-state index is 11.6. The van der Waals surface area contributed by atoms with E-state index in [1.54, 1.807) is 7.11 Å². The Balaban J connectivity index is 2.00. The fourth-order valence-electron chi connectivity index (χ4n) is 3.42. The molecule has 1 saturated heterocycles. The van der Waals surface area contributed by atoms with Crippen LogP contribution >= 0.6 is 0 Å². The van der Waals surface area contributed by atoms with E-state index in [2.05, 4.69) is 27.3 Å². The molecule has 1 aliphatic rings. The number of ether oxygens (including phenoxy) is 1. The molecule has 0 bridgehead atoms. The van der Waals surface area contributed by atoms with Gasteiger partial charge in [0.2, 0.25) is 5.91 Å². The molecule has 2 heterocycles. The topological polar surface area (TPSA) is 54.5 Å². The minimum Gasteiger partial charge on any atom is -0.383 e. The fourth-order valence-corrected chi connectivity index (χ4v) is 3.42. The van der Waals surface area contributed by atoms with Gasteiger partial charge in [0.15, 0.2) is 0 Å². The molecule has 128 valence electrons. The molecule has 24 heavy (non-hydrogen) atoms. The highest BCUT2D eigenvalue weighted by Crippen LogP contribution is 2.33. The van der Waals surface area contributed by atoms with Crippen LogP contribution < -0.4 is 10.2 Å². The molecule has 2 aromatic rings. The lowest BCUT2D eigenvalue weighted by molar-refractivity contribution is -0.115. The minimum atomic E-state index is 0.0157. The normalized spacial score (nSPS) is 17.5. The van der Waals surface area contributed by atoms with Gasteiger partial charge >= 0.3 is 0 Å². The van der Waals surface area contributed by atoms with Crippen LogP contribution in [0.3, 0.4) is 0 Å². The number of rotatable bonds is 5. The number of carbonyl (C=O) groups is 1. The van der Waals surface area contributed by atoms with Crippen molar-refractivity contribution >= 4 is 28.2 Å². The Bertz CT molecular complexity index is 745. The number of pyridine rings is 1. The van der Waals surface area contributed by atoms with Crippen molar-refractivity contribution in [3.63, 3.8) is 0 Å². The van der Waals surface area contributed by atoms with E-state index < -0.39 is 0 Å². The van der Waals surface area contributed by atoms with Gasteiger partial charge in [-0.1, -0.05) is 6.92 Å². The van der Waals surface area contributed by atoms with E-state index in [-0.39, 0.29) is 5.91 Å². The summed E-state index contributed by atoms with van der Waals surface area (Å²) in [6, 6.07) is 8.54. The molecule has 1 fully saturated rings. The smallest absolute Gasteiger partial charge is 0.224 e. The summed E-state index contributed by atoms with van der Waals surface area (Å²) < 4.78 is 5.39. The molecule has 1 atom stereocenters. The van der Waals surface area contributed by atoms with Crippen LogP contribution in [0.2, 0.25) is 0 Å². The molecule has 0 saturated carbocycles. The third-order valence-electron chi connectivity index (χ3n) is 4.57. The van der Waals surface area contributed by atoms with E-state index in [9.17, 15) is 4.79 Å². The van der Waals surface area contributed by atoms with E-state index >= 15 is 0 Å². The van der Waals surface area contributed by atoms with Crippen LogP contribution in [0.5, 0.6) is 0 Å². The first-order valence-electron chi connectivity index (χ1n) is 8.59. The molecule has 3 rings (SSSR count). The molecule has 1 aliphatic heterocycles. The number of benzene rings is 1. The van der Waals surface area contributed by atoms with Crippen molar-refractivity contribution in [1.82, 2.24) is 4.98 Å². The zero-order valence-electron chi connectivity index (χ0n) is 14.6. The van der Waals surface area contributed by atoms with Crippen molar-refractivity contribution in [3.05, 3.63) is 30.0 Å². The first-order valence-corrected chi connectivity index (χ1v) is 8.59. The van der Waals surface area contributed by atoms with E-state index in [1.807, 2.05) is 26.0 Å². The summed E-state index contributed by atoms with van der Waals surface area (Å²) in [7, 11) is 1.76. The summed E-state index contributed by atoms with van der Waals surface area (Å²) in [6.07, 6.45) is 2.81. The average Bonchev–Trinajstić information content (AvgIpc) is 3.02. The van der Waals surface area contributed by atoms with Gasteiger partial charge in [-0.3, -0.25) is 9.78 Å². The van der Waals surface area contributed by atoms with Crippen LogP contribution in [0, 0.1) is 6.92 Å². The Morgan fingerprint density at radius 3 is 3.00 bits per heavy atom. The van der Waals surface area contributed by atoms with Gasteiger partial charge in [-0.2, -0.15) is 0 Å². The van der Waals surface area contributed by atoms with Gasteiger partial charge in [-0.15, -0.1) is 0 Å². The van der Waals surface area contributed by atoms with E-state index in [0.717, 1.165) is 41.9 Å². The molecule has 5 heteroatoms. The molecule has 0 spiro atoms. The summed E-state index contributed by atoms with van der Waals surface area (Å²) in [5, 5.41) is 4.03. The van der Waals surface area contributed by atoms with Gasteiger partial charge < -0.3 is 15.0 Å². The second kappa shape index (κ2) is 7.18. The van der Waals surface area contributed by atoms with Crippen molar-refractivity contribution in [2.75, 3.05) is 30.5 Å². The Labute approximate surface area is 143 Å². The third-order valence-corrected chi connectivity index (χ3v) is 4.57. The molecule has 1 aromatic heterocycles. The van der Waals surface area contributed by atoms with Gasteiger partial charge in [-0.05, 0) is 44.0 Å². The van der Waals surface area contributed by atoms with E-state index in [0.29, 0.717) is 12.5 Å². The highest BCUT2D eigenvalue weighted by atomic mass is 16.5. The number of anilines is 2. The summed E-state index contributed by atoms with van der Waals surface area (Å²) in [6.45, 7) is 5.65. The number of nitrogens with zero attached hydrogens (tertiary/aromatic N) is 2. The highest BCUT2D eigenvalue weighted by Gasteiger charge is 2.26. The van der Waals surface area contributed by atoms with Crippen LogP contribution in [0.1, 0.15) is 31.9 Å². The quantitative estimate of drug-likeness (QED) is 0.913. The van der Waals surface area contributed by atoms with Crippen molar-refractivity contribution in [2.45, 2.75) is 39.2 Å². The Morgan fingerprint density at radius 2 is 2.25 bits per heavy atom. The lowest BCUT2D eigenvalue weighted by Crippen LogP contribution is -2.33. The molecule has 1 amide bonds. The second-order valence-corrected chi connectivity index (χ2v) is 6.36. The van der Waals surface area contributed by atoms with Crippen LogP contribution in [-0.4, -0.2) is 37.2 Å². The predicted octanol–water partition coefficient (Wildman–Crippen LogP) is 3.51. The van der Waals surface area contributed by atoms with Crippen molar-refractivity contribution in [2.24, 2.45) is 0 Å². The number of hydrogen-bond donors (Lipinski definition) is 1. The van der Waals surface area contributed by atoms with Crippen molar-refractivity contribution in [3.8, 4) is 0 Å². The maximum atomic E-state index is 11.6. The molecular formula is C19H25N3O2. The Morgan fingerprint density at radius 1 is 1.42 bits per heavy atom. The molecular weight excluding hydrogens is 302 g/mol. The van der Waals surface area contributed by atoms with Gasteiger partial charge in [0.05, 0.1) is 18.2 Å². The molecule has 5 nitrogen and oxygen atoms in total. The van der Waals surface area contributed by atoms with Crippen molar-refractivity contribution in [1.29, 1.82) is 0 Å². The Hall–Kier alpha value is -2.14. The average molecular weight is 327 g/mol. The van der Waals surface area contributed by atoms with Gasteiger partial charge in [-0.25, -0.2) is 0 Å². The highest BCUT2D eigenvalue weighted by molar-refractivity contribution is 5.97. The number of hydrogen-bond acceptors (Lipinski definition) is 4. The number of amides is 1. The lowest BCUT2D eigenvalue weighted by Gasteiger charge is -2.28. The number of aryl methyl sites for hydroxylation is 1. The molecule has 0 radical (unpaired) electrons. The second-order valence-electron chi connectivity index (χ2n) is 6.36.